The Morgan fingerprint density at radius 1 is 1.39 bits per heavy atom. The highest BCUT2D eigenvalue weighted by Gasteiger charge is 2.58. The molecule has 3 rings (SSSR count). The van der Waals surface area contributed by atoms with Gasteiger partial charge < -0.3 is 15.0 Å². The van der Waals surface area contributed by atoms with Crippen molar-refractivity contribution in [2.24, 2.45) is 30.0 Å². The van der Waals surface area contributed by atoms with Gasteiger partial charge >= 0.3 is 0 Å². The van der Waals surface area contributed by atoms with Crippen LogP contribution in [0.4, 0.5) is 0 Å². The van der Waals surface area contributed by atoms with Crippen LogP contribution in [0, 0.1) is 17.3 Å². The topological polar surface area (TPSA) is 74.3 Å². The van der Waals surface area contributed by atoms with Crippen LogP contribution >= 0.6 is 15.9 Å². The second-order valence-corrected chi connectivity index (χ2v) is 8.04. The van der Waals surface area contributed by atoms with Crippen LogP contribution < -0.4 is 16.0 Å². The van der Waals surface area contributed by atoms with Crippen molar-refractivity contribution in [3.8, 4) is 5.75 Å². The van der Waals surface area contributed by atoms with E-state index in [2.05, 4.69) is 15.9 Å². The zero-order valence-corrected chi connectivity index (χ0v) is 15.1. The molecule has 2 N–H and O–H groups in total. The Balaban J connectivity index is 1.57. The van der Waals surface area contributed by atoms with Gasteiger partial charge in [-0.25, -0.2) is 0 Å². The summed E-state index contributed by atoms with van der Waals surface area (Å²) in [6.07, 6.45) is 6.81. The molecule has 2 aliphatic rings. The van der Waals surface area contributed by atoms with Crippen LogP contribution in [0.25, 0.3) is 0 Å². The molecule has 0 bridgehead atoms. The van der Waals surface area contributed by atoms with Gasteiger partial charge in [-0.05, 0) is 59.9 Å². The van der Waals surface area contributed by atoms with E-state index in [0.717, 1.165) is 36.6 Å². The number of primary amides is 1. The predicted octanol–water partition coefficient (Wildman–Crippen LogP) is 2.60. The monoisotopic (exact) mass is 382 g/mol. The van der Waals surface area contributed by atoms with E-state index in [1.54, 1.807) is 13.2 Å². The van der Waals surface area contributed by atoms with E-state index < -0.39 is 0 Å². The van der Waals surface area contributed by atoms with Gasteiger partial charge in [0, 0.05) is 24.7 Å². The van der Waals surface area contributed by atoms with Crippen LogP contribution in [-0.2, 0) is 11.8 Å². The minimum atomic E-state index is -0.285. The second-order valence-electron chi connectivity index (χ2n) is 7.18. The number of amides is 1. The standard InChI is InChI=1S/C17H23BrN2O3/c1-17(16(19)22)8-12(17)10-3-5-11(6-4-10)23-14-7-15(21)20(2)9-13(14)18/h7,9-12H,3-6,8H2,1-2H3,(H2,19,22)/t10-,11-,12?,17?. The zero-order chi connectivity index (χ0) is 16.8. The van der Waals surface area contributed by atoms with Crippen LogP contribution in [0.3, 0.4) is 0 Å². The molecule has 1 amide bonds. The number of carbonyl (C=O) groups excluding carboxylic acids is 1. The normalized spacial score (nSPS) is 33.3. The van der Waals surface area contributed by atoms with E-state index in [-0.39, 0.29) is 23.0 Å². The van der Waals surface area contributed by atoms with Crippen molar-refractivity contribution in [3.63, 3.8) is 0 Å². The predicted molar refractivity (Wildman–Crippen MR) is 91.2 cm³/mol. The van der Waals surface area contributed by atoms with Crippen molar-refractivity contribution >= 4 is 21.8 Å². The van der Waals surface area contributed by atoms with Crippen molar-refractivity contribution in [1.82, 2.24) is 4.57 Å². The average molecular weight is 383 g/mol. The van der Waals surface area contributed by atoms with Gasteiger partial charge in [0.1, 0.15) is 5.75 Å². The quantitative estimate of drug-likeness (QED) is 0.869. The third-order valence-corrected chi connectivity index (χ3v) is 6.19. The summed E-state index contributed by atoms with van der Waals surface area (Å²) >= 11 is 3.45. The largest absolute Gasteiger partial charge is 0.489 e. The highest BCUT2D eigenvalue weighted by molar-refractivity contribution is 9.10. The van der Waals surface area contributed by atoms with Crippen molar-refractivity contribution < 1.29 is 9.53 Å². The van der Waals surface area contributed by atoms with Gasteiger partial charge in [0.05, 0.1) is 10.6 Å². The minimum absolute atomic E-state index is 0.0768. The first kappa shape index (κ1) is 16.6. The van der Waals surface area contributed by atoms with E-state index in [1.807, 2.05) is 6.92 Å². The number of hydrogen-bond acceptors (Lipinski definition) is 3. The highest BCUT2D eigenvalue weighted by Crippen LogP contribution is 2.59. The number of ether oxygens (including phenoxy) is 1. The summed E-state index contributed by atoms with van der Waals surface area (Å²) < 4.78 is 8.33. The molecule has 0 aromatic carbocycles. The molecule has 2 saturated carbocycles. The summed E-state index contributed by atoms with van der Waals surface area (Å²) in [5, 5.41) is 0. The van der Waals surface area contributed by atoms with Crippen molar-refractivity contribution in [3.05, 3.63) is 27.1 Å². The molecule has 2 fully saturated rings. The number of carbonyl (C=O) groups is 1. The third-order valence-electron chi connectivity index (χ3n) is 5.59. The van der Waals surface area contributed by atoms with Crippen LogP contribution in [0.15, 0.2) is 21.5 Å². The Morgan fingerprint density at radius 2 is 2.04 bits per heavy atom. The first-order valence-electron chi connectivity index (χ1n) is 8.14. The third kappa shape index (κ3) is 3.18. The van der Waals surface area contributed by atoms with Crippen molar-refractivity contribution in [2.75, 3.05) is 0 Å². The van der Waals surface area contributed by atoms with E-state index in [0.29, 0.717) is 17.6 Å². The molecule has 2 aliphatic carbocycles. The molecule has 1 aromatic heterocycles. The molecule has 6 heteroatoms. The Hall–Kier alpha value is -1.30. The molecule has 2 unspecified atom stereocenters. The molecule has 23 heavy (non-hydrogen) atoms. The molecular weight excluding hydrogens is 360 g/mol. The smallest absolute Gasteiger partial charge is 0.254 e. The Labute approximate surface area is 144 Å². The molecule has 0 saturated heterocycles. The maximum atomic E-state index is 11.7. The molecule has 126 valence electrons. The van der Waals surface area contributed by atoms with Crippen LogP contribution in [0.5, 0.6) is 5.75 Å². The maximum Gasteiger partial charge on any atom is 0.254 e. The molecular formula is C17H23BrN2O3. The summed E-state index contributed by atoms with van der Waals surface area (Å²) in [7, 11) is 1.72. The summed E-state index contributed by atoms with van der Waals surface area (Å²) in [5.74, 6) is 1.46. The Morgan fingerprint density at radius 3 is 2.61 bits per heavy atom. The van der Waals surface area contributed by atoms with Gasteiger partial charge in [0.25, 0.3) is 5.56 Å². The SMILES string of the molecule is Cn1cc(Br)c(O[C@H]2CC[C@H](C3CC3(C)C(N)=O)CC2)cc1=O. The first-order valence-corrected chi connectivity index (χ1v) is 8.93. The maximum absolute atomic E-state index is 11.7. The first-order chi connectivity index (χ1) is 10.8. The van der Waals surface area contributed by atoms with Crippen molar-refractivity contribution in [1.29, 1.82) is 0 Å². The van der Waals surface area contributed by atoms with E-state index >= 15 is 0 Å². The summed E-state index contributed by atoms with van der Waals surface area (Å²) in [6.45, 7) is 1.99. The van der Waals surface area contributed by atoms with E-state index in [9.17, 15) is 9.59 Å². The lowest BCUT2D eigenvalue weighted by molar-refractivity contribution is -0.123. The van der Waals surface area contributed by atoms with Crippen LogP contribution in [0.1, 0.15) is 39.0 Å². The number of nitrogens with two attached hydrogens (primary N) is 1. The molecule has 0 spiro atoms. The number of aromatic nitrogens is 1. The average Bonchev–Trinajstić information content (AvgIpc) is 3.19. The Kier molecular flexibility index (Phi) is 4.29. The van der Waals surface area contributed by atoms with Crippen LogP contribution in [-0.4, -0.2) is 16.6 Å². The molecule has 2 atom stereocenters. The summed E-state index contributed by atoms with van der Waals surface area (Å²) in [4.78, 5) is 23.2. The zero-order valence-electron chi connectivity index (χ0n) is 13.5. The number of aryl methyl sites for hydroxylation is 1. The lowest BCUT2D eigenvalue weighted by Gasteiger charge is -2.30. The van der Waals surface area contributed by atoms with Gasteiger partial charge in [-0.3, -0.25) is 9.59 Å². The van der Waals surface area contributed by atoms with Crippen molar-refractivity contribution in [2.45, 2.75) is 45.1 Å². The summed E-state index contributed by atoms with van der Waals surface area (Å²) in [6, 6.07) is 1.53. The number of pyridine rings is 1. The molecule has 1 heterocycles. The van der Waals surface area contributed by atoms with Gasteiger partial charge in [-0.2, -0.15) is 0 Å². The molecule has 1 aromatic rings. The fraction of sp³-hybridized carbons (Fsp3) is 0.647. The van der Waals surface area contributed by atoms with Crippen LogP contribution in [0.2, 0.25) is 0 Å². The van der Waals surface area contributed by atoms with Gasteiger partial charge in [0.15, 0.2) is 0 Å². The number of rotatable bonds is 4. The van der Waals surface area contributed by atoms with Gasteiger partial charge in [0.2, 0.25) is 5.91 Å². The lowest BCUT2D eigenvalue weighted by atomic mass is 9.81. The molecule has 5 nitrogen and oxygen atoms in total. The highest BCUT2D eigenvalue weighted by atomic mass is 79.9. The van der Waals surface area contributed by atoms with Gasteiger partial charge in [-0.1, -0.05) is 6.92 Å². The van der Waals surface area contributed by atoms with Gasteiger partial charge in [-0.15, -0.1) is 0 Å². The lowest BCUT2D eigenvalue weighted by Crippen LogP contribution is -2.29. The van der Waals surface area contributed by atoms with E-state index in [4.69, 9.17) is 10.5 Å². The Bertz CT molecular complexity index is 679. The number of nitrogens with zero attached hydrogens (tertiary/aromatic N) is 1. The number of hydrogen-bond donors (Lipinski definition) is 1. The summed E-state index contributed by atoms with van der Waals surface area (Å²) in [5.41, 5.74) is 5.14. The molecule has 0 aliphatic heterocycles. The number of halogens is 1. The fourth-order valence-corrected chi connectivity index (χ4v) is 4.34. The minimum Gasteiger partial charge on any atom is -0.489 e. The van der Waals surface area contributed by atoms with E-state index in [1.165, 1.54) is 10.6 Å². The second kappa shape index (κ2) is 5.96. The fourth-order valence-electron chi connectivity index (χ4n) is 3.83. The molecule has 0 radical (unpaired) electrons.